The third-order valence-corrected chi connectivity index (χ3v) is 1.48. The molecule has 0 aromatic heterocycles. The van der Waals surface area contributed by atoms with Gasteiger partial charge in [-0.15, -0.1) is 0 Å². The number of hydrogen-bond acceptors (Lipinski definition) is 1. The van der Waals surface area contributed by atoms with E-state index in [0.717, 1.165) is 6.07 Å². The van der Waals surface area contributed by atoms with Gasteiger partial charge in [-0.05, 0) is 31.0 Å². The first-order chi connectivity index (χ1) is 5.58. The van der Waals surface area contributed by atoms with E-state index in [2.05, 4.69) is 0 Å². The number of rotatable bonds is 2. The Morgan fingerprint density at radius 2 is 1.75 bits per heavy atom. The molecule has 0 saturated heterocycles. The summed E-state index contributed by atoms with van der Waals surface area (Å²) in [7, 11) is 0. The van der Waals surface area contributed by atoms with Crippen molar-refractivity contribution in [3.63, 3.8) is 0 Å². The van der Waals surface area contributed by atoms with Crippen molar-refractivity contribution in [2.45, 2.75) is 19.4 Å². The molecule has 0 aliphatic rings. The van der Waals surface area contributed by atoms with E-state index in [-0.39, 0.29) is 6.04 Å². The Balaban J connectivity index is 2.85. The van der Waals surface area contributed by atoms with Gasteiger partial charge in [0.2, 0.25) is 0 Å². The van der Waals surface area contributed by atoms with Crippen molar-refractivity contribution in [3.05, 3.63) is 35.4 Å². The van der Waals surface area contributed by atoms with Gasteiger partial charge >= 0.3 is 0 Å². The van der Waals surface area contributed by atoms with Crippen molar-refractivity contribution in [2.24, 2.45) is 5.73 Å². The van der Waals surface area contributed by atoms with E-state index in [1.54, 1.807) is 6.92 Å². The lowest BCUT2D eigenvalue weighted by atomic mass is 10.1. The molecule has 0 unspecified atom stereocenters. The van der Waals surface area contributed by atoms with Crippen molar-refractivity contribution in [2.75, 3.05) is 0 Å². The average molecular weight is 171 g/mol. The maximum atomic E-state index is 12.6. The first kappa shape index (κ1) is 9.13. The molecular weight excluding hydrogens is 160 g/mol. The molecule has 1 aromatic carbocycles. The van der Waals surface area contributed by atoms with E-state index in [9.17, 15) is 8.78 Å². The lowest BCUT2D eigenvalue weighted by Gasteiger charge is -2.04. The van der Waals surface area contributed by atoms with Gasteiger partial charge in [0, 0.05) is 12.1 Å². The fourth-order valence-electron chi connectivity index (χ4n) is 1.10. The minimum atomic E-state index is -0.550. The minimum absolute atomic E-state index is 0.0776. The van der Waals surface area contributed by atoms with Gasteiger partial charge in [-0.2, -0.15) is 0 Å². The first-order valence-electron chi connectivity index (χ1n) is 3.78. The predicted octanol–water partition coefficient (Wildman–Crippen LogP) is 1.85. The largest absolute Gasteiger partial charge is 0.328 e. The van der Waals surface area contributed by atoms with Gasteiger partial charge in [0.1, 0.15) is 11.6 Å². The van der Waals surface area contributed by atoms with Crippen LogP contribution in [-0.2, 0) is 6.42 Å². The van der Waals surface area contributed by atoms with Gasteiger partial charge in [-0.3, -0.25) is 0 Å². The topological polar surface area (TPSA) is 26.0 Å². The normalized spacial score (nSPS) is 13.0. The Labute approximate surface area is 70.2 Å². The molecule has 1 nitrogen and oxygen atoms in total. The molecule has 2 N–H and O–H groups in total. The standard InChI is InChI=1S/C9H11F2N/c1-6(12)2-7-3-8(10)5-9(11)4-7/h3-6H,2,12H2,1H3/t6-/m1/s1. The molecular formula is C9H11F2N. The molecule has 12 heavy (non-hydrogen) atoms. The Morgan fingerprint density at radius 3 is 2.17 bits per heavy atom. The molecule has 0 radical (unpaired) electrons. The summed E-state index contributed by atoms with van der Waals surface area (Å²) in [5, 5.41) is 0. The maximum Gasteiger partial charge on any atom is 0.126 e. The van der Waals surface area contributed by atoms with E-state index >= 15 is 0 Å². The van der Waals surface area contributed by atoms with Gasteiger partial charge in [0.15, 0.2) is 0 Å². The molecule has 0 aliphatic carbocycles. The fourth-order valence-corrected chi connectivity index (χ4v) is 1.10. The summed E-state index contributed by atoms with van der Waals surface area (Å²) in [4.78, 5) is 0. The first-order valence-corrected chi connectivity index (χ1v) is 3.78. The Morgan fingerprint density at radius 1 is 1.25 bits per heavy atom. The minimum Gasteiger partial charge on any atom is -0.328 e. The van der Waals surface area contributed by atoms with E-state index in [1.165, 1.54) is 12.1 Å². The van der Waals surface area contributed by atoms with Crippen LogP contribution in [-0.4, -0.2) is 6.04 Å². The van der Waals surface area contributed by atoms with Crippen LogP contribution >= 0.6 is 0 Å². The zero-order valence-electron chi connectivity index (χ0n) is 6.85. The van der Waals surface area contributed by atoms with E-state index in [4.69, 9.17) is 5.73 Å². The molecule has 0 aliphatic heterocycles. The van der Waals surface area contributed by atoms with Crippen LogP contribution in [0.4, 0.5) is 8.78 Å². The smallest absolute Gasteiger partial charge is 0.126 e. The highest BCUT2D eigenvalue weighted by Crippen LogP contribution is 2.09. The summed E-state index contributed by atoms with van der Waals surface area (Å²) in [6.45, 7) is 1.79. The molecule has 0 saturated carbocycles. The number of benzene rings is 1. The van der Waals surface area contributed by atoms with E-state index in [0.29, 0.717) is 12.0 Å². The molecule has 0 heterocycles. The van der Waals surface area contributed by atoms with Crippen LogP contribution in [0.5, 0.6) is 0 Å². The average Bonchev–Trinajstić information content (AvgIpc) is 1.81. The summed E-state index contributed by atoms with van der Waals surface area (Å²) in [5.41, 5.74) is 6.08. The SMILES string of the molecule is C[C@@H](N)Cc1cc(F)cc(F)c1. The second-order valence-electron chi connectivity index (χ2n) is 2.96. The molecule has 0 amide bonds. The highest BCUT2D eigenvalue weighted by atomic mass is 19.1. The van der Waals surface area contributed by atoms with Gasteiger partial charge in [-0.25, -0.2) is 8.78 Å². The molecule has 1 atom stereocenters. The third kappa shape index (κ3) is 2.58. The van der Waals surface area contributed by atoms with Gasteiger partial charge < -0.3 is 5.73 Å². The maximum absolute atomic E-state index is 12.6. The van der Waals surface area contributed by atoms with Crippen LogP contribution in [0.2, 0.25) is 0 Å². The third-order valence-electron chi connectivity index (χ3n) is 1.48. The summed E-state index contributed by atoms with van der Waals surface area (Å²) < 4.78 is 25.2. The molecule has 0 spiro atoms. The van der Waals surface area contributed by atoms with Crippen molar-refractivity contribution in [3.8, 4) is 0 Å². The fraction of sp³-hybridized carbons (Fsp3) is 0.333. The molecule has 3 heteroatoms. The molecule has 0 fully saturated rings. The van der Waals surface area contributed by atoms with Crippen LogP contribution in [0.15, 0.2) is 18.2 Å². The number of halogens is 2. The lowest BCUT2D eigenvalue weighted by Crippen LogP contribution is -2.17. The quantitative estimate of drug-likeness (QED) is 0.722. The molecule has 0 bridgehead atoms. The predicted molar refractivity (Wildman–Crippen MR) is 43.7 cm³/mol. The summed E-state index contributed by atoms with van der Waals surface area (Å²) in [6, 6.07) is 3.37. The lowest BCUT2D eigenvalue weighted by molar-refractivity contribution is 0.577. The van der Waals surface area contributed by atoms with Crippen molar-refractivity contribution < 1.29 is 8.78 Å². The second-order valence-corrected chi connectivity index (χ2v) is 2.96. The Kier molecular flexibility index (Phi) is 2.76. The van der Waals surface area contributed by atoms with Crippen LogP contribution < -0.4 is 5.73 Å². The highest BCUT2D eigenvalue weighted by Gasteiger charge is 2.02. The molecule has 1 rings (SSSR count). The summed E-state index contributed by atoms with van der Waals surface area (Å²) in [5.74, 6) is -1.10. The van der Waals surface area contributed by atoms with Crippen LogP contribution in [0, 0.1) is 11.6 Å². The summed E-state index contributed by atoms with van der Waals surface area (Å²) in [6.07, 6.45) is 0.495. The van der Waals surface area contributed by atoms with Gasteiger partial charge in [0.05, 0.1) is 0 Å². The van der Waals surface area contributed by atoms with Crippen LogP contribution in [0.25, 0.3) is 0 Å². The van der Waals surface area contributed by atoms with E-state index < -0.39 is 11.6 Å². The molecule has 1 aromatic rings. The zero-order chi connectivity index (χ0) is 9.14. The number of hydrogen-bond donors (Lipinski definition) is 1. The Bertz CT molecular complexity index is 251. The van der Waals surface area contributed by atoms with Crippen molar-refractivity contribution in [1.82, 2.24) is 0 Å². The van der Waals surface area contributed by atoms with Gasteiger partial charge in [-0.1, -0.05) is 0 Å². The van der Waals surface area contributed by atoms with Crippen molar-refractivity contribution >= 4 is 0 Å². The second kappa shape index (κ2) is 3.63. The highest BCUT2D eigenvalue weighted by molar-refractivity contribution is 5.18. The van der Waals surface area contributed by atoms with Crippen LogP contribution in [0.3, 0.4) is 0 Å². The zero-order valence-corrected chi connectivity index (χ0v) is 6.85. The summed E-state index contributed by atoms with van der Waals surface area (Å²) >= 11 is 0. The monoisotopic (exact) mass is 171 g/mol. The van der Waals surface area contributed by atoms with E-state index in [1.807, 2.05) is 0 Å². The van der Waals surface area contributed by atoms with Gasteiger partial charge in [0.25, 0.3) is 0 Å². The van der Waals surface area contributed by atoms with Crippen LogP contribution in [0.1, 0.15) is 12.5 Å². The number of nitrogens with two attached hydrogens (primary N) is 1. The van der Waals surface area contributed by atoms with Crippen molar-refractivity contribution in [1.29, 1.82) is 0 Å². The molecule has 66 valence electrons. The Hall–Kier alpha value is -0.960.